The first-order chi connectivity index (χ1) is 12.2. The molecule has 25 heavy (non-hydrogen) atoms. The molecule has 3 aromatic rings. The SMILES string of the molecule is CN1CCN(c2ccc(Nc3ncc4ccc(F)cc4n3)cc2)CC1. The molecule has 4 rings (SSSR count). The number of aromatic nitrogens is 2. The maximum Gasteiger partial charge on any atom is 0.227 e. The lowest BCUT2D eigenvalue weighted by atomic mass is 10.2. The average molecular weight is 337 g/mol. The summed E-state index contributed by atoms with van der Waals surface area (Å²) in [7, 11) is 2.15. The summed E-state index contributed by atoms with van der Waals surface area (Å²) in [6.45, 7) is 4.26. The molecule has 0 unspecified atom stereocenters. The lowest BCUT2D eigenvalue weighted by Gasteiger charge is -2.34. The van der Waals surface area contributed by atoms with Gasteiger partial charge in [0.15, 0.2) is 0 Å². The van der Waals surface area contributed by atoms with Gasteiger partial charge < -0.3 is 15.1 Å². The Bertz CT molecular complexity index is 873. The summed E-state index contributed by atoms with van der Waals surface area (Å²) in [5.74, 6) is 0.166. The Kier molecular flexibility index (Phi) is 4.19. The molecule has 1 saturated heterocycles. The second-order valence-electron chi connectivity index (χ2n) is 6.36. The van der Waals surface area contributed by atoms with Crippen LogP contribution in [0.4, 0.5) is 21.7 Å². The van der Waals surface area contributed by atoms with Gasteiger partial charge in [0.1, 0.15) is 5.82 Å². The molecule has 128 valence electrons. The molecule has 0 amide bonds. The number of hydrogen-bond donors (Lipinski definition) is 1. The van der Waals surface area contributed by atoms with Crippen LogP contribution < -0.4 is 10.2 Å². The number of hydrogen-bond acceptors (Lipinski definition) is 5. The highest BCUT2D eigenvalue weighted by molar-refractivity contribution is 5.79. The third-order valence-corrected chi connectivity index (χ3v) is 4.54. The summed E-state index contributed by atoms with van der Waals surface area (Å²) < 4.78 is 13.4. The van der Waals surface area contributed by atoms with Crippen molar-refractivity contribution in [3.05, 3.63) is 54.5 Å². The normalized spacial score (nSPS) is 15.5. The van der Waals surface area contributed by atoms with Crippen molar-refractivity contribution in [1.82, 2.24) is 14.9 Å². The summed E-state index contributed by atoms with van der Waals surface area (Å²) >= 11 is 0. The molecule has 2 aromatic carbocycles. The quantitative estimate of drug-likeness (QED) is 0.795. The largest absolute Gasteiger partial charge is 0.369 e. The molecule has 2 heterocycles. The van der Waals surface area contributed by atoms with Crippen molar-refractivity contribution in [2.45, 2.75) is 0 Å². The second-order valence-corrected chi connectivity index (χ2v) is 6.36. The molecule has 0 spiro atoms. The van der Waals surface area contributed by atoms with E-state index >= 15 is 0 Å². The zero-order valence-electron chi connectivity index (χ0n) is 14.1. The molecule has 1 aliphatic rings. The monoisotopic (exact) mass is 337 g/mol. The Labute approximate surface area is 146 Å². The van der Waals surface area contributed by atoms with Gasteiger partial charge in [0.05, 0.1) is 5.52 Å². The minimum Gasteiger partial charge on any atom is -0.369 e. The lowest BCUT2D eigenvalue weighted by Crippen LogP contribution is -2.44. The number of piperazine rings is 1. The number of fused-ring (bicyclic) bond motifs is 1. The summed E-state index contributed by atoms with van der Waals surface area (Å²) in [6, 6.07) is 12.8. The molecule has 1 aliphatic heterocycles. The zero-order valence-corrected chi connectivity index (χ0v) is 14.1. The first-order valence-electron chi connectivity index (χ1n) is 8.40. The first kappa shape index (κ1) is 15.8. The van der Waals surface area contributed by atoms with Gasteiger partial charge in [0, 0.05) is 55.2 Å². The standard InChI is InChI=1S/C19H20FN5/c1-24-8-10-25(11-9-24)17-6-4-16(5-7-17)22-19-21-13-14-2-3-15(20)12-18(14)23-19/h2-7,12-13H,8-11H2,1H3,(H,21,22,23). The molecule has 5 nitrogen and oxygen atoms in total. The Morgan fingerprint density at radius 3 is 2.52 bits per heavy atom. The van der Waals surface area contributed by atoms with Crippen molar-refractivity contribution in [3.8, 4) is 0 Å². The predicted molar refractivity (Wildman–Crippen MR) is 98.9 cm³/mol. The van der Waals surface area contributed by atoms with Crippen LogP contribution in [0.3, 0.4) is 0 Å². The van der Waals surface area contributed by atoms with E-state index in [0.717, 1.165) is 37.3 Å². The van der Waals surface area contributed by atoms with E-state index in [2.05, 4.69) is 44.3 Å². The fourth-order valence-electron chi connectivity index (χ4n) is 3.01. The maximum absolute atomic E-state index is 13.4. The lowest BCUT2D eigenvalue weighted by molar-refractivity contribution is 0.313. The molecular formula is C19H20FN5. The summed E-state index contributed by atoms with van der Waals surface area (Å²) in [4.78, 5) is 13.4. The van der Waals surface area contributed by atoms with Crippen molar-refractivity contribution in [1.29, 1.82) is 0 Å². The topological polar surface area (TPSA) is 44.3 Å². The molecule has 0 saturated carbocycles. The van der Waals surface area contributed by atoms with Crippen LogP contribution in [0.1, 0.15) is 0 Å². The molecule has 0 radical (unpaired) electrons. The Balaban J connectivity index is 1.49. The van der Waals surface area contributed by atoms with E-state index < -0.39 is 0 Å². The number of benzene rings is 2. The van der Waals surface area contributed by atoms with Crippen LogP contribution in [-0.2, 0) is 0 Å². The number of halogens is 1. The minimum absolute atomic E-state index is 0.298. The van der Waals surface area contributed by atoms with E-state index in [1.54, 1.807) is 12.3 Å². The zero-order chi connectivity index (χ0) is 17.2. The van der Waals surface area contributed by atoms with Gasteiger partial charge in [-0.2, -0.15) is 0 Å². The Hall–Kier alpha value is -2.73. The molecule has 0 atom stereocenters. The van der Waals surface area contributed by atoms with Crippen molar-refractivity contribution in [3.63, 3.8) is 0 Å². The smallest absolute Gasteiger partial charge is 0.227 e. The third-order valence-electron chi connectivity index (χ3n) is 4.54. The molecule has 1 aromatic heterocycles. The van der Waals surface area contributed by atoms with Crippen LogP contribution in [0.15, 0.2) is 48.7 Å². The fourth-order valence-corrected chi connectivity index (χ4v) is 3.01. The first-order valence-corrected chi connectivity index (χ1v) is 8.40. The maximum atomic E-state index is 13.4. The van der Waals surface area contributed by atoms with Crippen LogP contribution in [0.2, 0.25) is 0 Å². The molecule has 1 N–H and O–H groups in total. The number of likely N-dealkylation sites (N-methyl/N-ethyl adjacent to an activating group) is 1. The predicted octanol–water partition coefficient (Wildman–Crippen LogP) is 3.26. The number of nitrogens with zero attached hydrogens (tertiary/aromatic N) is 4. The molecule has 6 heteroatoms. The Morgan fingerprint density at radius 1 is 1.00 bits per heavy atom. The summed E-state index contributed by atoms with van der Waals surface area (Å²) in [5.41, 5.74) is 2.72. The van der Waals surface area contributed by atoms with E-state index in [1.165, 1.54) is 17.8 Å². The van der Waals surface area contributed by atoms with Crippen molar-refractivity contribution in [2.24, 2.45) is 0 Å². The summed E-state index contributed by atoms with van der Waals surface area (Å²) in [5, 5.41) is 4.00. The minimum atomic E-state index is -0.298. The van der Waals surface area contributed by atoms with Gasteiger partial charge in [-0.15, -0.1) is 0 Å². The molecule has 0 aliphatic carbocycles. The van der Waals surface area contributed by atoms with Crippen LogP contribution in [-0.4, -0.2) is 48.1 Å². The highest BCUT2D eigenvalue weighted by atomic mass is 19.1. The van der Waals surface area contributed by atoms with Gasteiger partial charge in [-0.25, -0.2) is 14.4 Å². The van der Waals surface area contributed by atoms with Crippen LogP contribution >= 0.6 is 0 Å². The van der Waals surface area contributed by atoms with Gasteiger partial charge in [0.2, 0.25) is 5.95 Å². The van der Waals surface area contributed by atoms with Crippen LogP contribution in [0.25, 0.3) is 10.9 Å². The van der Waals surface area contributed by atoms with E-state index in [-0.39, 0.29) is 5.82 Å². The number of rotatable bonds is 3. The van der Waals surface area contributed by atoms with Gasteiger partial charge in [-0.1, -0.05) is 0 Å². The highest BCUT2D eigenvalue weighted by Crippen LogP contribution is 2.22. The average Bonchev–Trinajstić information content (AvgIpc) is 2.63. The third kappa shape index (κ3) is 3.53. The van der Waals surface area contributed by atoms with Gasteiger partial charge in [0.25, 0.3) is 0 Å². The van der Waals surface area contributed by atoms with E-state index in [1.807, 2.05) is 12.1 Å². The Morgan fingerprint density at radius 2 is 1.76 bits per heavy atom. The summed E-state index contributed by atoms with van der Waals surface area (Å²) in [6.07, 6.45) is 1.70. The molecular weight excluding hydrogens is 317 g/mol. The molecule has 1 fully saturated rings. The van der Waals surface area contributed by atoms with Crippen LogP contribution in [0, 0.1) is 5.82 Å². The molecule has 0 bridgehead atoms. The number of anilines is 3. The van der Waals surface area contributed by atoms with E-state index in [0.29, 0.717) is 11.5 Å². The number of nitrogens with one attached hydrogen (secondary N) is 1. The van der Waals surface area contributed by atoms with E-state index in [4.69, 9.17) is 0 Å². The van der Waals surface area contributed by atoms with Gasteiger partial charge in [-0.05, 0) is 43.4 Å². The van der Waals surface area contributed by atoms with E-state index in [9.17, 15) is 4.39 Å². The highest BCUT2D eigenvalue weighted by Gasteiger charge is 2.14. The van der Waals surface area contributed by atoms with Gasteiger partial charge >= 0.3 is 0 Å². The fraction of sp³-hybridized carbons (Fsp3) is 0.263. The van der Waals surface area contributed by atoms with Crippen molar-refractivity contribution < 1.29 is 4.39 Å². The van der Waals surface area contributed by atoms with Crippen molar-refractivity contribution in [2.75, 3.05) is 43.4 Å². The van der Waals surface area contributed by atoms with Crippen molar-refractivity contribution >= 4 is 28.2 Å². The van der Waals surface area contributed by atoms with Crippen LogP contribution in [0.5, 0.6) is 0 Å². The van der Waals surface area contributed by atoms with Gasteiger partial charge in [-0.3, -0.25) is 0 Å². The second kappa shape index (κ2) is 6.64.